The molecule has 0 aromatic carbocycles. The van der Waals surface area contributed by atoms with Gasteiger partial charge in [-0.25, -0.2) is 0 Å². The van der Waals surface area contributed by atoms with Gasteiger partial charge in [0.2, 0.25) is 5.91 Å². The quantitative estimate of drug-likeness (QED) is 0.475. The van der Waals surface area contributed by atoms with Gasteiger partial charge in [-0.05, 0) is 6.54 Å². The molecule has 1 radical (unpaired) electrons. The van der Waals surface area contributed by atoms with E-state index in [1.807, 2.05) is 0 Å². The molecule has 2 saturated heterocycles. The van der Waals surface area contributed by atoms with Gasteiger partial charge in [0, 0.05) is 54.0 Å². The van der Waals surface area contributed by atoms with E-state index >= 15 is 0 Å². The Morgan fingerprint density at radius 1 is 1.05 bits per heavy atom. The molecule has 6 nitrogen and oxygen atoms in total. The molecule has 2 fully saturated rings. The summed E-state index contributed by atoms with van der Waals surface area (Å²) in [4.78, 5) is 14.9. The van der Waals surface area contributed by atoms with Crippen molar-refractivity contribution in [3.8, 4) is 0 Å². The average molecular weight is 382 g/mol. The van der Waals surface area contributed by atoms with Gasteiger partial charge in [-0.1, -0.05) is 6.92 Å². The van der Waals surface area contributed by atoms with Gasteiger partial charge in [0.05, 0.1) is 26.4 Å². The Morgan fingerprint density at radius 2 is 1.45 bits per heavy atom. The Kier molecular flexibility index (Phi) is 19.1. The van der Waals surface area contributed by atoms with Gasteiger partial charge in [-0.3, -0.25) is 9.69 Å². The van der Waals surface area contributed by atoms with Crippen molar-refractivity contribution in [3.63, 3.8) is 0 Å². The minimum Gasteiger partial charge on any atom is -0.412 e. The number of hydrogen-bond donors (Lipinski definition) is 0. The molecule has 2 aliphatic heterocycles. The zero-order chi connectivity index (χ0) is 12.5. The standard InChI is InChI=1S/C6H11NO2.C6H13NO.CH3.H2O.Rh.H2/c1-6(8)7-2-4-9-5-3-7;1-2-7-3-5-8-6-4-7;;;;/h2-5H2,1H3;2-6H2,1H3;1H3;1H2;;1H/q;;-1;;;. The molecule has 0 saturated carbocycles. The molecular formula is C13H31N2O4Rh-. The van der Waals surface area contributed by atoms with Crippen molar-refractivity contribution in [2.24, 2.45) is 0 Å². The number of morpholine rings is 2. The molecule has 2 heterocycles. The van der Waals surface area contributed by atoms with E-state index in [9.17, 15) is 4.79 Å². The molecule has 0 spiro atoms. The van der Waals surface area contributed by atoms with E-state index in [4.69, 9.17) is 9.47 Å². The number of nitrogens with zero attached hydrogens (tertiary/aromatic N) is 2. The third-order valence-corrected chi connectivity index (χ3v) is 3.01. The van der Waals surface area contributed by atoms with Crippen LogP contribution in [0.25, 0.3) is 0 Å². The fourth-order valence-corrected chi connectivity index (χ4v) is 1.80. The van der Waals surface area contributed by atoms with Crippen LogP contribution in [0.15, 0.2) is 0 Å². The van der Waals surface area contributed by atoms with Gasteiger partial charge in [-0.2, -0.15) is 0 Å². The van der Waals surface area contributed by atoms with Crippen LogP contribution < -0.4 is 0 Å². The summed E-state index contributed by atoms with van der Waals surface area (Å²) in [6, 6.07) is 0. The first-order chi connectivity index (χ1) is 8.24. The predicted molar refractivity (Wildman–Crippen MR) is 78.1 cm³/mol. The molecular weight excluding hydrogens is 351 g/mol. The first-order valence-corrected chi connectivity index (χ1v) is 6.37. The monoisotopic (exact) mass is 382 g/mol. The topological polar surface area (TPSA) is 73.5 Å². The van der Waals surface area contributed by atoms with E-state index < -0.39 is 0 Å². The minimum atomic E-state index is 0. The second-order valence-corrected chi connectivity index (χ2v) is 4.17. The van der Waals surface area contributed by atoms with Crippen LogP contribution >= 0.6 is 0 Å². The fraction of sp³-hybridized carbons (Fsp3) is 0.846. The van der Waals surface area contributed by atoms with Crippen LogP contribution in [0.2, 0.25) is 0 Å². The number of carbonyl (C=O) groups is 1. The maximum absolute atomic E-state index is 10.7. The summed E-state index contributed by atoms with van der Waals surface area (Å²) in [6.45, 7) is 11.9. The number of ether oxygens (including phenoxy) is 2. The molecule has 2 aliphatic rings. The van der Waals surface area contributed by atoms with Crippen LogP contribution in [0, 0.1) is 7.43 Å². The van der Waals surface area contributed by atoms with Gasteiger partial charge >= 0.3 is 0 Å². The normalized spacial score (nSPS) is 18.4. The van der Waals surface area contributed by atoms with E-state index in [2.05, 4.69) is 11.8 Å². The Labute approximate surface area is 137 Å². The van der Waals surface area contributed by atoms with Crippen LogP contribution in [-0.2, 0) is 33.7 Å². The Hall–Kier alpha value is -0.0666. The molecule has 0 bridgehead atoms. The Bertz CT molecular complexity index is 226. The molecule has 127 valence electrons. The zero-order valence-corrected chi connectivity index (χ0v) is 14.5. The summed E-state index contributed by atoms with van der Waals surface area (Å²) >= 11 is 0. The SMILES string of the molecule is CC(=O)N1CCOCC1.CCN1CCOCC1.O.[CH3-].[HH].[Rh]. The summed E-state index contributed by atoms with van der Waals surface area (Å²) in [5.41, 5.74) is 0. The second kappa shape index (κ2) is 15.3. The van der Waals surface area contributed by atoms with E-state index in [1.54, 1.807) is 11.8 Å². The maximum Gasteiger partial charge on any atom is 0.219 e. The molecule has 20 heavy (non-hydrogen) atoms. The first kappa shape index (κ1) is 24.9. The van der Waals surface area contributed by atoms with E-state index in [0.717, 1.165) is 39.4 Å². The van der Waals surface area contributed by atoms with Crippen LogP contribution in [0.3, 0.4) is 0 Å². The number of likely N-dealkylation sites (N-methyl/N-ethyl adjacent to an activating group) is 1. The summed E-state index contributed by atoms with van der Waals surface area (Å²) in [6.07, 6.45) is 0. The molecule has 2 rings (SSSR count). The summed E-state index contributed by atoms with van der Waals surface area (Å²) < 4.78 is 10.2. The summed E-state index contributed by atoms with van der Waals surface area (Å²) in [5.74, 6) is 0.151. The predicted octanol–water partition coefficient (Wildman–Crippen LogP) is 0.0727. The Balaban J connectivity index is -0.000000116. The molecule has 0 unspecified atom stereocenters. The molecule has 0 aliphatic carbocycles. The van der Waals surface area contributed by atoms with Gasteiger partial charge in [0.25, 0.3) is 0 Å². The van der Waals surface area contributed by atoms with Crippen LogP contribution in [0.1, 0.15) is 15.3 Å². The van der Waals surface area contributed by atoms with E-state index in [0.29, 0.717) is 13.2 Å². The van der Waals surface area contributed by atoms with Gasteiger partial charge in [-0.15, -0.1) is 0 Å². The first-order valence-electron chi connectivity index (χ1n) is 6.37. The molecule has 0 aromatic rings. The molecule has 2 N–H and O–H groups in total. The van der Waals surface area contributed by atoms with Crippen molar-refractivity contribution in [3.05, 3.63) is 7.43 Å². The summed E-state index contributed by atoms with van der Waals surface area (Å²) in [7, 11) is 0. The van der Waals surface area contributed by atoms with Crippen LogP contribution in [-0.4, -0.2) is 80.3 Å². The van der Waals surface area contributed by atoms with Crippen molar-refractivity contribution in [2.45, 2.75) is 13.8 Å². The number of amides is 1. The Morgan fingerprint density at radius 3 is 1.70 bits per heavy atom. The van der Waals surface area contributed by atoms with Gasteiger partial charge < -0.3 is 27.3 Å². The van der Waals surface area contributed by atoms with Crippen molar-refractivity contribution >= 4 is 5.91 Å². The third-order valence-electron chi connectivity index (χ3n) is 3.01. The molecule has 1 amide bonds. The van der Waals surface area contributed by atoms with Crippen LogP contribution in [0.4, 0.5) is 0 Å². The molecule has 0 aromatic heterocycles. The summed E-state index contributed by atoms with van der Waals surface area (Å²) in [5, 5.41) is 0. The van der Waals surface area contributed by atoms with Crippen molar-refractivity contribution in [1.82, 2.24) is 9.80 Å². The van der Waals surface area contributed by atoms with Crippen molar-refractivity contribution in [1.29, 1.82) is 0 Å². The molecule has 0 atom stereocenters. The number of rotatable bonds is 1. The number of carbonyl (C=O) groups excluding carboxylic acids is 1. The average Bonchev–Trinajstić information content (AvgIpc) is 2.41. The number of hydrogen-bond acceptors (Lipinski definition) is 4. The smallest absolute Gasteiger partial charge is 0.219 e. The van der Waals surface area contributed by atoms with Gasteiger partial charge in [0.15, 0.2) is 0 Å². The van der Waals surface area contributed by atoms with E-state index in [1.165, 1.54) is 6.54 Å². The third kappa shape index (κ3) is 10.7. The zero-order valence-electron chi connectivity index (χ0n) is 12.8. The van der Waals surface area contributed by atoms with Crippen molar-refractivity contribution in [2.75, 3.05) is 59.2 Å². The van der Waals surface area contributed by atoms with Crippen molar-refractivity contribution < 1.29 is 40.6 Å². The maximum atomic E-state index is 10.7. The largest absolute Gasteiger partial charge is 0.412 e. The van der Waals surface area contributed by atoms with E-state index in [-0.39, 0.29) is 39.7 Å². The molecule has 7 heteroatoms. The minimum absolute atomic E-state index is 0. The van der Waals surface area contributed by atoms with Crippen LogP contribution in [0.5, 0.6) is 0 Å². The van der Waals surface area contributed by atoms with Gasteiger partial charge in [0.1, 0.15) is 0 Å². The second-order valence-electron chi connectivity index (χ2n) is 4.17. The fourth-order valence-electron chi connectivity index (χ4n) is 1.80.